The van der Waals surface area contributed by atoms with Gasteiger partial charge in [0.25, 0.3) is 0 Å². The van der Waals surface area contributed by atoms with E-state index in [0.717, 1.165) is 29.6 Å². The van der Waals surface area contributed by atoms with Crippen LogP contribution in [0.4, 0.5) is 11.4 Å². The first kappa shape index (κ1) is 20.6. The zero-order valence-corrected chi connectivity index (χ0v) is 16.6. The number of fused-ring (bicyclic) bond motifs is 1. The first-order valence-corrected chi connectivity index (χ1v) is 8.91. The number of pyridine rings is 2. The fourth-order valence-corrected chi connectivity index (χ4v) is 2.70. The fourth-order valence-electron chi connectivity index (χ4n) is 2.70. The Bertz CT molecular complexity index is 927. The van der Waals surface area contributed by atoms with Gasteiger partial charge in [0.05, 0.1) is 12.3 Å². The summed E-state index contributed by atoms with van der Waals surface area (Å²) < 4.78 is 5.33. The molecule has 0 aliphatic rings. The molecule has 2 aromatic heterocycles. The van der Waals surface area contributed by atoms with Crippen LogP contribution in [-0.2, 0) is 11.2 Å². The number of aryl methyl sites for hydroxylation is 2. The minimum Gasteiger partial charge on any atom is -0.462 e. The number of nitrogens with one attached hydrogen (secondary N) is 1. The molecule has 27 heavy (non-hydrogen) atoms. The predicted octanol–water partition coefficient (Wildman–Crippen LogP) is 5.23. The van der Waals surface area contributed by atoms with Crippen LogP contribution >= 0.6 is 12.4 Å². The minimum atomic E-state index is -0.380. The lowest BCUT2D eigenvalue weighted by molar-refractivity contribution is 0.0506. The minimum absolute atomic E-state index is 0. The van der Waals surface area contributed by atoms with E-state index in [1.165, 1.54) is 11.8 Å². The third-order valence-electron chi connectivity index (χ3n) is 4.16. The van der Waals surface area contributed by atoms with Crippen molar-refractivity contribution in [2.24, 2.45) is 0 Å². The quantitative estimate of drug-likeness (QED) is 0.588. The van der Waals surface area contributed by atoms with Gasteiger partial charge in [-0.25, -0.2) is 14.8 Å². The number of hydrogen-bond donors (Lipinski definition) is 1. The SMILES string of the molecule is CCCOC(=O)c1cnc2nc(C)ccc2c1Nc1ccc(CC)cc1.Cl. The monoisotopic (exact) mass is 385 g/mol. The van der Waals surface area contributed by atoms with Crippen LogP contribution in [0.25, 0.3) is 11.0 Å². The van der Waals surface area contributed by atoms with Crippen molar-refractivity contribution in [1.82, 2.24) is 9.97 Å². The third kappa shape index (κ3) is 4.74. The molecule has 2 heterocycles. The summed E-state index contributed by atoms with van der Waals surface area (Å²) in [5.74, 6) is -0.380. The van der Waals surface area contributed by atoms with Crippen LogP contribution in [0.15, 0.2) is 42.6 Å². The molecule has 0 aliphatic carbocycles. The summed E-state index contributed by atoms with van der Waals surface area (Å²) >= 11 is 0. The standard InChI is InChI=1S/C21H23N3O2.ClH/c1-4-12-26-21(25)18-13-22-20-17(11-6-14(3)23-20)19(18)24-16-9-7-15(5-2)8-10-16;/h6-11,13H,4-5,12H2,1-3H3,(H,22,23,24);1H. The molecule has 0 fully saturated rings. The normalized spacial score (nSPS) is 10.3. The Hall–Kier alpha value is -2.66. The second-order valence-electron chi connectivity index (χ2n) is 6.18. The average Bonchev–Trinajstić information content (AvgIpc) is 2.66. The lowest BCUT2D eigenvalue weighted by atomic mass is 10.1. The summed E-state index contributed by atoms with van der Waals surface area (Å²) in [5.41, 5.74) is 4.73. The maximum absolute atomic E-state index is 12.5. The lowest BCUT2D eigenvalue weighted by Crippen LogP contribution is -2.10. The van der Waals surface area contributed by atoms with E-state index in [-0.39, 0.29) is 18.4 Å². The highest BCUT2D eigenvalue weighted by atomic mass is 35.5. The Morgan fingerprint density at radius 2 is 1.85 bits per heavy atom. The molecule has 0 saturated heterocycles. The van der Waals surface area contributed by atoms with Crippen molar-refractivity contribution in [1.29, 1.82) is 0 Å². The van der Waals surface area contributed by atoms with Gasteiger partial charge in [0.2, 0.25) is 0 Å². The number of benzene rings is 1. The molecule has 1 N–H and O–H groups in total. The molecular formula is C21H24ClN3O2. The Morgan fingerprint density at radius 1 is 1.11 bits per heavy atom. The summed E-state index contributed by atoms with van der Waals surface area (Å²) in [6, 6.07) is 12.0. The summed E-state index contributed by atoms with van der Waals surface area (Å²) in [7, 11) is 0. The number of aromatic nitrogens is 2. The van der Waals surface area contributed by atoms with Crippen molar-refractivity contribution < 1.29 is 9.53 Å². The van der Waals surface area contributed by atoms with Crippen molar-refractivity contribution in [2.75, 3.05) is 11.9 Å². The largest absolute Gasteiger partial charge is 0.462 e. The highest BCUT2D eigenvalue weighted by Crippen LogP contribution is 2.29. The molecule has 0 spiro atoms. The number of nitrogens with zero attached hydrogens (tertiary/aromatic N) is 2. The first-order valence-electron chi connectivity index (χ1n) is 8.91. The highest BCUT2D eigenvalue weighted by molar-refractivity contribution is 6.05. The topological polar surface area (TPSA) is 64.1 Å². The number of hydrogen-bond acceptors (Lipinski definition) is 5. The Morgan fingerprint density at radius 3 is 2.52 bits per heavy atom. The van der Waals surface area contributed by atoms with Crippen LogP contribution in [0.2, 0.25) is 0 Å². The van der Waals surface area contributed by atoms with Crippen LogP contribution < -0.4 is 5.32 Å². The van der Waals surface area contributed by atoms with E-state index in [1.807, 2.05) is 38.1 Å². The fraction of sp³-hybridized carbons (Fsp3) is 0.286. The summed E-state index contributed by atoms with van der Waals surface area (Å²) in [6.45, 7) is 6.39. The van der Waals surface area contributed by atoms with Gasteiger partial charge in [-0.1, -0.05) is 26.0 Å². The van der Waals surface area contributed by atoms with Crippen molar-refractivity contribution in [3.05, 3.63) is 59.4 Å². The maximum Gasteiger partial charge on any atom is 0.341 e. The molecule has 3 rings (SSSR count). The van der Waals surface area contributed by atoms with Gasteiger partial charge in [0, 0.05) is 23.0 Å². The van der Waals surface area contributed by atoms with Gasteiger partial charge in [-0.3, -0.25) is 0 Å². The Labute approximate surface area is 165 Å². The maximum atomic E-state index is 12.5. The molecule has 1 aromatic carbocycles. The number of halogens is 1. The van der Waals surface area contributed by atoms with Gasteiger partial charge < -0.3 is 10.1 Å². The molecule has 0 saturated carbocycles. The molecule has 0 amide bonds. The Balaban J connectivity index is 0.00000261. The molecule has 3 aromatic rings. The molecule has 0 bridgehead atoms. The van der Waals surface area contributed by atoms with E-state index in [1.54, 1.807) is 0 Å². The number of rotatable bonds is 6. The molecule has 0 aliphatic heterocycles. The number of carbonyl (C=O) groups is 1. The summed E-state index contributed by atoms with van der Waals surface area (Å²) in [6.07, 6.45) is 3.29. The van der Waals surface area contributed by atoms with Crippen molar-refractivity contribution in [3.63, 3.8) is 0 Å². The van der Waals surface area contributed by atoms with Gasteiger partial charge >= 0.3 is 5.97 Å². The molecule has 0 radical (unpaired) electrons. The number of anilines is 2. The smallest absolute Gasteiger partial charge is 0.341 e. The lowest BCUT2D eigenvalue weighted by Gasteiger charge is -2.14. The number of ether oxygens (including phenoxy) is 1. The van der Waals surface area contributed by atoms with Crippen LogP contribution in [0.1, 0.15) is 41.9 Å². The van der Waals surface area contributed by atoms with E-state index >= 15 is 0 Å². The molecule has 6 heteroatoms. The van der Waals surface area contributed by atoms with Gasteiger partial charge in [0.1, 0.15) is 5.56 Å². The van der Waals surface area contributed by atoms with Crippen molar-refractivity contribution in [3.8, 4) is 0 Å². The zero-order chi connectivity index (χ0) is 18.5. The van der Waals surface area contributed by atoms with Crippen LogP contribution in [0.5, 0.6) is 0 Å². The van der Waals surface area contributed by atoms with Gasteiger partial charge in [-0.2, -0.15) is 0 Å². The van der Waals surface area contributed by atoms with E-state index in [4.69, 9.17) is 4.74 Å². The second kappa shape index (κ2) is 9.33. The molecular weight excluding hydrogens is 362 g/mol. The third-order valence-corrected chi connectivity index (χ3v) is 4.16. The molecule has 142 valence electrons. The average molecular weight is 386 g/mol. The summed E-state index contributed by atoms with van der Waals surface area (Å²) in [5, 5.41) is 4.16. The van der Waals surface area contributed by atoms with Crippen molar-refractivity contribution >= 4 is 40.8 Å². The van der Waals surface area contributed by atoms with E-state index in [0.29, 0.717) is 23.5 Å². The van der Waals surface area contributed by atoms with Crippen molar-refractivity contribution in [2.45, 2.75) is 33.6 Å². The molecule has 0 unspecified atom stereocenters. The van der Waals surface area contributed by atoms with Gasteiger partial charge in [-0.15, -0.1) is 12.4 Å². The van der Waals surface area contributed by atoms with Crippen LogP contribution in [-0.4, -0.2) is 22.5 Å². The number of esters is 1. The second-order valence-corrected chi connectivity index (χ2v) is 6.18. The predicted molar refractivity (Wildman–Crippen MR) is 111 cm³/mol. The van der Waals surface area contributed by atoms with E-state index in [9.17, 15) is 4.79 Å². The highest BCUT2D eigenvalue weighted by Gasteiger charge is 2.17. The summed E-state index contributed by atoms with van der Waals surface area (Å²) in [4.78, 5) is 21.3. The van der Waals surface area contributed by atoms with Crippen LogP contribution in [0, 0.1) is 6.92 Å². The number of carbonyl (C=O) groups excluding carboxylic acids is 1. The Kier molecular flexibility index (Phi) is 7.13. The zero-order valence-electron chi connectivity index (χ0n) is 15.8. The van der Waals surface area contributed by atoms with E-state index in [2.05, 4.69) is 34.3 Å². The first-order chi connectivity index (χ1) is 12.6. The van der Waals surface area contributed by atoms with Gasteiger partial charge in [0.15, 0.2) is 5.65 Å². The van der Waals surface area contributed by atoms with E-state index < -0.39 is 0 Å². The molecule has 0 atom stereocenters. The van der Waals surface area contributed by atoms with Gasteiger partial charge in [-0.05, 0) is 49.6 Å². The molecule has 5 nitrogen and oxygen atoms in total. The van der Waals surface area contributed by atoms with Crippen LogP contribution in [0.3, 0.4) is 0 Å².